The van der Waals surface area contributed by atoms with E-state index < -0.39 is 11.4 Å². The van der Waals surface area contributed by atoms with Crippen LogP contribution < -0.4 is 0 Å². The van der Waals surface area contributed by atoms with Crippen molar-refractivity contribution in [2.75, 3.05) is 6.61 Å². The number of nitrogens with zero attached hydrogens (tertiary/aromatic N) is 4. The second kappa shape index (κ2) is 9.91. The van der Waals surface area contributed by atoms with Gasteiger partial charge in [0.15, 0.2) is 5.65 Å². The minimum atomic E-state index is -1.21. The lowest BCUT2D eigenvalue weighted by molar-refractivity contribution is -0.159. The Balaban J connectivity index is 1.51. The number of rotatable bonds is 7. The summed E-state index contributed by atoms with van der Waals surface area (Å²) in [5.74, 6) is -0.635. The first-order valence-corrected chi connectivity index (χ1v) is 13.1. The van der Waals surface area contributed by atoms with Crippen LogP contribution >= 0.6 is 0 Å². The van der Waals surface area contributed by atoms with Gasteiger partial charge in [0.2, 0.25) is 0 Å². The van der Waals surface area contributed by atoms with Crippen LogP contribution in [0.2, 0.25) is 0 Å². The van der Waals surface area contributed by atoms with E-state index in [0.717, 1.165) is 39.0 Å². The second-order valence-corrected chi connectivity index (χ2v) is 10.00. The maximum absolute atomic E-state index is 13.0. The molecule has 0 bridgehead atoms. The fourth-order valence-corrected chi connectivity index (χ4v) is 5.56. The highest BCUT2D eigenvalue weighted by atomic mass is 16.5. The molecule has 6 rings (SSSR count). The summed E-state index contributed by atoms with van der Waals surface area (Å²) >= 11 is 0. The highest BCUT2D eigenvalue weighted by Gasteiger charge is 2.49. The van der Waals surface area contributed by atoms with Crippen LogP contribution in [0.4, 0.5) is 0 Å². The Morgan fingerprint density at radius 3 is 2.23 bits per heavy atom. The minimum absolute atomic E-state index is 0.177. The molecule has 7 heteroatoms. The first-order valence-electron chi connectivity index (χ1n) is 13.1. The Morgan fingerprint density at radius 1 is 0.897 bits per heavy atom. The van der Waals surface area contributed by atoms with Gasteiger partial charge in [-0.05, 0) is 60.6 Å². The lowest BCUT2D eigenvalue weighted by Crippen LogP contribution is -2.40. The Kier molecular flexibility index (Phi) is 6.27. The third-order valence-electron chi connectivity index (χ3n) is 7.60. The normalized spacial score (nSPS) is 16.3. The summed E-state index contributed by atoms with van der Waals surface area (Å²) in [7, 11) is 0. The molecule has 1 aliphatic rings. The zero-order valence-electron chi connectivity index (χ0n) is 21.9. The SMILES string of the molecule is CCOC(=O)C1(C(C)=O)Cc2cc(-c3ccccc3)c(-c3ncnc4c3ncn4Cc3ccccc3)cc2C1. The monoisotopic (exact) mass is 516 g/mol. The molecular weight excluding hydrogens is 488 g/mol. The van der Waals surface area contributed by atoms with E-state index in [-0.39, 0.29) is 12.4 Å². The highest BCUT2D eigenvalue weighted by Crippen LogP contribution is 2.44. The summed E-state index contributed by atoms with van der Waals surface area (Å²) in [6.07, 6.45) is 3.99. The molecule has 39 heavy (non-hydrogen) atoms. The molecule has 0 amide bonds. The number of imidazole rings is 1. The fraction of sp³-hybridized carbons (Fsp3) is 0.219. The lowest BCUT2D eigenvalue weighted by Gasteiger charge is -2.23. The molecule has 0 saturated carbocycles. The van der Waals surface area contributed by atoms with Crippen LogP contribution in [0.25, 0.3) is 33.5 Å². The molecule has 0 saturated heterocycles. The van der Waals surface area contributed by atoms with Crippen molar-refractivity contribution in [3.63, 3.8) is 0 Å². The predicted octanol–water partition coefficient (Wildman–Crippen LogP) is 5.45. The number of ketones is 1. The van der Waals surface area contributed by atoms with E-state index in [0.29, 0.717) is 30.6 Å². The van der Waals surface area contributed by atoms with Crippen LogP contribution in [-0.4, -0.2) is 37.9 Å². The second-order valence-electron chi connectivity index (χ2n) is 10.00. The van der Waals surface area contributed by atoms with Gasteiger partial charge in [0, 0.05) is 5.56 Å². The fourth-order valence-electron chi connectivity index (χ4n) is 5.56. The van der Waals surface area contributed by atoms with Crippen LogP contribution in [-0.2, 0) is 33.7 Å². The van der Waals surface area contributed by atoms with Crippen molar-refractivity contribution in [3.8, 4) is 22.4 Å². The lowest BCUT2D eigenvalue weighted by atomic mass is 9.81. The van der Waals surface area contributed by atoms with Gasteiger partial charge in [-0.25, -0.2) is 15.0 Å². The van der Waals surface area contributed by atoms with Crippen molar-refractivity contribution in [2.45, 2.75) is 33.2 Å². The molecule has 0 spiro atoms. The van der Waals surface area contributed by atoms with E-state index in [1.54, 1.807) is 19.6 Å². The summed E-state index contributed by atoms with van der Waals surface area (Å²) in [5, 5.41) is 0. The van der Waals surface area contributed by atoms with Gasteiger partial charge in [0.1, 0.15) is 28.7 Å². The number of hydrogen-bond acceptors (Lipinski definition) is 6. The summed E-state index contributed by atoms with van der Waals surface area (Å²) in [6.45, 7) is 4.12. The predicted molar refractivity (Wildman–Crippen MR) is 149 cm³/mol. The van der Waals surface area contributed by atoms with Gasteiger partial charge >= 0.3 is 5.97 Å². The van der Waals surface area contributed by atoms with Crippen molar-refractivity contribution in [1.29, 1.82) is 0 Å². The maximum Gasteiger partial charge on any atom is 0.320 e. The maximum atomic E-state index is 13.0. The molecule has 2 aromatic heterocycles. The van der Waals surface area contributed by atoms with Gasteiger partial charge in [0.25, 0.3) is 0 Å². The zero-order valence-corrected chi connectivity index (χ0v) is 21.9. The van der Waals surface area contributed by atoms with Gasteiger partial charge < -0.3 is 9.30 Å². The number of hydrogen-bond donors (Lipinski definition) is 0. The van der Waals surface area contributed by atoms with Gasteiger partial charge in [-0.1, -0.05) is 66.7 Å². The van der Waals surface area contributed by atoms with E-state index in [1.807, 2.05) is 41.0 Å². The molecule has 1 unspecified atom stereocenters. The number of fused-ring (bicyclic) bond motifs is 2. The largest absolute Gasteiger partial charge is 0.465 e. The van der Waals surface area contributed by atoms with Crippen molar-refractivity contribution >= 4 is 22.9 Å². The van der Waals surface area contributed by atoms with Crippen LogP contribution in [0.3, 0.4) is 0 Å². The molecule has 2 heterocycles. The van der Waals surface area contributed by atoms with Crippen molar-refractivity contribution in [1.82, 2.24) is 19.5 Å². The van der Waals surface area contributed by atoms with Crippen LogP contribution in [0.15, 0.2) is 85.5 Å². The smallest absolute Gasteiger partial charge is 0.320 e. The Bertz CT molecular complexity index is 1700. The molecule has 5 aromatic rings. The molecular formula is C32H28N4O3. The van der Waals surface area contributed by atoms with E-state index in [1.165, 1.54) is 6.92 Å². The zero-order chi connectivity index (χ0) is 27.0. The number of Topliss-reactive ketones (excluding diaryl/α,β-unsaturated/α-hetero) is 1. The van der Waals surface area contributed by atoms with Gasteiger partial charge in [-0.3, -0.25) is 9.59 Å². The van der Waals surface area contributed by atoms with Crippen molar-refractivity contribution in [2.24, 2.45) is 5.41 Å². The summed E-state index contributed by atoms with van der Waals surface area (Å²) < 4.78 is 7.39. The molecule has 3 aromatic carbocycles. The summed E-state index contributed by atoms with van der Waals surface area (Å²) in [4.78, 5) is 39.9. The van der Waals surface area contributed by atoms with E-state index in [9.17, 15) is 9.59 Å². The topological polar surface area (TPSA) is 87.0 Å². The van der Waals surface area contributed by atoms with E-state index in [2.05, 4.69) is 41.4 Å². The first kappa shape index (κ1) is 24.7. The molecule has 1 atom stereocenters. The molecule has 0 aliphatic heterocycles. The average Bonchev–Trinajstić information content (AvgIpc) is 3.56. The van der Waals surface area contributed by atoms with Gasteiger partial charge in [-0.2, -0.15) is 0 Å². The standard InChI is InChI=1S/C32H28N4O3/c1-3-39-31(38)32(21(2)37)16-24-14-26(23-12-8-5-9-13-23)27(15-25(24)17-32)28-29-30(34-19-33-28)36(20-35-29)18-22-10-6-4-7-11-22/h4-15,19-20H,3,16-18H2,1-2H3. The number of esters is 1. The number of carbonyl (C=O) groups is 2. The molecule has 7 nitrogen and oxygen atoms in total. The number of aromatic nitrogens is 4. The number of benzene rings is 3. The van der Waals surface area contributed by atoms with Crippen molar-refractivity contribution < 1.29 is 14.3 Å². The van der Waals surface area contributed by atoms with Crippen molar-refractivity contribution in [3.05, 3.63) is 102 Å². The summed E-state index contributed by atoms with van der Waals surface area (Å²) in [5.41, 5.74) is 6.90. The molecule has 1 aliphatic carbocycles. The molecule has 0 fully saturated rings. The van der Waals surface area contributed by atoms with Gasteiger partial charge in [-0.15, -0.1) is 0 Å². The van der Waals surface area contributed by atoms with Crippen LogP contribution in [0.1, 0.15) is 30.5 Å². The highest BCUT2D eigenvalue weighted by molar-refractivity contribution is 6.04. The third-order valence-corrected chi connectivity index (χ3v) is 7.60. The van der Waals surface area contributed by atoms with Crippen LogP contribution in [0, 0.1) is 5.41 Å². The van der Waals surface area contributed by atoms with Crippen LogP contribution in [0.5, 0.6) is 0 Å². The first-order chi connectivity index (χ1) is 19.0. The van der Waals surface area contributed by atoms with E-state index in [4.69, 9.17) is 14.7 Å². The Hall–Kier alpha value is -4.65. The summed E-state index contributed by atoms with van der Waals surface area (Å²) in [6, 6.07) is 24.4. The number of ether oxygens (including phenoxy) is 1. The Morgan fingerprint density at radius 2 is 1.56 bits per heavy atom. The quantitative estimate of drug-likeness (QED) is 0.211. The minimum Gasteiger partial charge on any atom is -0.465 e. The third kappa shape index (κ3) is 4.30. The molecule has 194 valence electrons. The molecule has 0 N–H and O–H groups in total. The Labute approximate surface area is 226 Å². The number of carbonyl (C=O) groups excluding carboxylic acids is 2. The molecule has 0 radical (unpaired) electrons. The average molecular weight is 517 g/mol. The van der Waals surface area contributed by atoms with Gasteiger partial charge in [0.05, 0.1) is 19.5 Å². The van der Waals surface area contributed by atoms with E-state index >= 15 is 0 Å².